The molecule has 5 heteroatoms. The number of thioether (sulfide) groups is 1. The molecule has 1 amide bonds. The molecule has 0 saturated heterocycles. The molecule has 15 heavy (non-hydrogen) atoms. The highest BCUT2D eigenvalue weighted by Crippen LogP contribution is 2.36. The number of aromatic nitrogens is 2. The number of fused-ring (bicyclic) bond motifs is 1. The van der Waals surface area contributed by atoms with Crippen molar-refractivity contribution in [3.63, 3.8) is 0 Å². The standard InChI is InChI=1S/C10H15N3OS/c1-4-13-10-9(7(3)12-13)11-8(14)5-6(2)15-10/h6H,4-5H2,1-3H3,(H,11,14). The second-order valence-electron chi connectivity index (χ2n) is 3.76. The summed E-state index contributed by atoms with van der Waals surface area (Å²) in [6, 6.07) is 0. The van der Waals surface area contributed by atoms with Crippen molar-refractivity contribution in [1.29, 1.82) is 0 Å². The van der Waals surface area contributed by atoms with Crippen molar-refractivity contribution in [2.24, 2.45) is 0 Å². The Morgan fingerprint density at radius 2 is 2.40 bits per heavy atom. The van der Waals surface area contributed by atoms with Crippen molar-refractivity contribution in [1.82, 2.24) is 9.78 Å². The molecule has 1 unspecified atom stereocenters. The van der Waals surface area contributed by atoms with Crippen LogP contribution in [0, 0.1) is 6.92 Å². The number of nitrogens with zero attached hydrogens (tertiary/aromatic N) is 2. The molecule has 0 saturated carbocycles. The van der Waals surface area contributed by atoms with Gasteiger partial charge in [-0.05, 0) is 13.8 Å². The van der Waals surface area contributed by atoms with Crippen LogP contribution in [0.3, 0.4) is 0 Å². The highest BCUT2D eigenvalue weighted by molar-refractivity contribution is 8.00. The molecule has 1 N–H and O–H groups in total. The molecule has 1 atom stereocenters. The Balaban J connectivity index is 2.47. The van der Waals surface area contributed by atoms with Crippen molar-refractivity contribution in [3.8, 4) is 0 Å². The average Bonchev–Trinajstić information content (AvgIpc) is 2.37. The third kappa shape index (κ3) is 1.88. The molecule has 2 rings (SSSR count). The minimum Gasteiger partial charge on any atom is -0.322 e. The van der Waals surface area contributed by atoms with Gasteiger partial charge < -0.3 is 5.32 Å². The molecule has 1 aromatic heterocycles. The lowest BCUT2D eigenvalue weighted by atomic mass is 10.3. The van der Waals surface area contributed by atoms with Gasteiger partial charge in [-0.1, -0.05) is 6.92 Å². The smallest absolute Gasteiger partial charge is 0.225 e. The van der Waals surface area contributed by atoms with Gasteiger partial charge in [-0.15, -0.1) is 11.8 Å². The van der Waals surface area contributed by atoms with Gasteiger partial charge in [0.15, 0.2) is 0 Å². The largest absolute Gasteiger partial charge is 0.322 e. The molecule has 0 aromatic carbocycles. The van der Waals surface area contributed by atoms with Crippen LogP contribution < -0.4 is 5.32 Å². The van der Waals surface area contributed by atoms with Crippen LogP contribution in [0.1, 0.15) is 26.0 Å². The first kappa shape index (κ1) is 10.5. The normalized spacial score (nSPS) is 20.7. The number of amides is 1. The lowest BCUT2D eigenvalue weighted by Gasteiger charge is -2.07. The first-order valence-corrected chi connectivity index (χ1v) is 6.03. The Kier molecular flexibility index (Phi) is 2.73. The molecule has 0 radical (unpaired) electrons. The molecule has 0 aliphatic carbocycles. The summed E-state index contributed by atoms with van der Waals surface area (Å²) in [5.41, 5.74) is 1.80. The number of hydrogen-bond donors (Lipinski definition) is 1. The zero-order valence-corrected chi connectivity index (χ0v) is 10.0. The summed E-state index contributed by atoms with van der Waals surface area (Å²) in [7, 11) is 0. The molecule has 2 heterocycles. The number of hydrogen-bond acceptors (Lipinski definition) is 3. The Hall–Kier alpha value is -0.970. The van der Waals surface area contributed by atoms with Crippen LogP contribution in [-0.4, -0.2) is 20.9 Å². The lowest BCUT2D eigenvalue weighted by Crippen LogP contribution is -2.13. The van der Waals surface area contributed by atoms with Crippen LogP contribution in [0.2, 0.25) is 0 Å². The summed E-state index contributed by atoms with van der Waals surface area (Å²) in [5.74, 6) is 0.0903. The third-order valence-electron chi connectivity index (χ3n) is 2.43. The fraction of sp³-hybridized carbons (Fsp3) is 0.600. The zero-order valence-electron chi connectivity index (χ0n) is 9.20. The SMILES string of the molecule is CCn1nc(C)c2c1SC(C)CC(=O)N2. The van der Waals surface area contributed by atoms with E-state index < -0.39 is 0 Å². The van der Waals surface area contributed by atoms with Gasteiger partial charge in [-0.3, -0.25) is 9.48 Å². The topological polar surface area (TPSA) is 46.9 Å². The van der Waals surface area contributed by atoms with Crippen molar-refractivity contribution >= 4 is 23.4 Å². The van der Waals surface area contributed by atoms with E-state index in [-0.39, 0.29) is 5.91 Å². The molecule has 4 nitrogen and oxygen atoms in total. The molecule has 82 valence electrons. The van der Waals surface area contributed by atoms with Gasteiger partial charge >= 0.3 is 0 Å². The second kappa shape index (κ2) is 3.89. The van der Waals surface area contributed by atoms with Gasteiger partial charge in [-0.2, -0.15) is 5.10 Å². The maximum absolute atomic E-state index is 11.5. The van der Waals surface area contributed by atoms with Gasteiger partial charge in [0.1, 0.15) is 5.03 Å². The molecule has 0 spiro atoms. The molecule has 0 fully saturated rings. The summed E-state index contributed by atoms with van der Waals surface area (Å²) in [4.78, 5) is 11.5. The molecular formula is C10H15N3OS. The fourth-order valence-corrected chi connectivity index (χ4v) is 2.95. The van der Waals surface area contributed by atoms with E-state index in [1.807, 2.05) is 11.6 Å². The number of rotatable bonds is 1. The Labute approximate surface area is 93.4 Å². The van der Waals surface area contributed by atoms with E-state index in [1.54, 1.807) is 11.8 Å². The Bertz CT molecular complexity index is 400. The van der Waals surface area contributed by atoms with E-state index in [0.29, 0.717) is 11.7 Å². The highest BCUT2D eigenvalue weighted by atomic mass is 32.2. The summed E-state index contributed by atoms with van der Waals surface area (Å²) in [5, 5.41) is 8.74. The van der Waals surface area contributed by atoms with Gasteiger partial charge in [0.25, 0.3) is 0 Å². The summed E-state index contributed by atoms with van der Waals surface area (Å²) in [6.45, 7) is 6.90. The molecule has 0 bridgehead atoms. The first-order valence-electron chi connectivity index (χ1n) is 5.15. The van der Waals surface area contributed by atoms with Crippen molar-refractivity contribution in [2.75, 3.05) is 5.32 Å². The Morgan fingerprint density at radius 3 is 3.07 bits per heavy atom. The number of aryl methyl sites for hydroxylation is 2. The Morgan fingerprint density at radius 1 is 1.67 bits per heavy atom. The van der Waals surface area contributed by atoms with Crippen molar-refractivity contribution in [2.45, 2.75) is 44.0 Å². The quantitative estimate of drug-likeness (QED) is 0.795. The van der Waals surface area contributed by atoms with Gasteiger partial charge in [-0.25, -0.2) is 0 Å². The van der Waals surface area contributed by atoms with E-state index in [2.05, 4.69) is 24.3 Å². The average molecular weight is 225 g/mol. The van der Waals surface area contributed by atoms with Gasteiger partial charge in [0, 0.05) is 18.2 Å². The van der Waals surface area contributed by atoms with Gasteiger partial charge in [0.2, 0.25) is 5.91 Å². The number of anilines is 1. The van der Waals surface area contributed by atoms with Crippen LogP contribution in [-0.2, 0) is 11.3 Å². The first-order chi connectivity index (χ1) is 7.11. The zero-order chi connectivity index (χ0) is 11.0. The van der Waals surface area contributed by atoms with Crippen LogP contribution in [0.4, 0.5) is 5.69 Å². The molecule has 1 aliphatic rings. The highest BCUT2D eigenvalue weighted by Gasteiger charge is 2.24. The summed E-state index contributed by atoms with van der Waals surface area (Å²) in [6.07, 6.45) is 0.572. The maximum atomic E-state index is 11.5. The number of carbonyl (C=O) groups excluding carboxylic acids is 1. The van der Waals surface area contributed by atoms with Gasteiger partial charge in [0.05, 0.1) is 11.4 Å². The predicted molar refractivity (Wildman–Crippen MR) is 61.2 cm³/mol. The molecular weight excluding hydrogens is 210 g/mol. The summed E-state index contributed by atoms with van der Waals surface area (Å²) < 4.78 is 1.96. The van der Waals surface area contributed by atoms with Crippen LogP contribution >= 0.6 is 11.8 Å². The predicted octanol–water partition coefficient (Wildman–Crippen LogP) is 2.03. The van der Waals surface area contributed by atoms with Crippen molar-refractivity contribution < 1.29 is 4.79 Å². The number of carbonyl (C=O) groups is 1. The minimum atomic E-state index is 0.0903. The van der Waals surface area contributed by atoms with E-state index in [1.165, 1.54) is 0 Å². The molecule has 1 aliphatic heterocycles. The second-order valence-corrected chi connectivity index (χ2v) is 5.19. The van der Waals surface area contributed by atoms with Crippen LogP contribution in [0.25, 0.3) is 0 Å². The van der Waals surface area contributed by atoms with E-state index >= 15 is 0 Å². The van der Waals surface area contributed by atoms with Crippen LogP contribution in [0.5, 0.6) is 0 Å². The number of nitrogens with one attached hydrogen (secondary N) is 1. The fourth-order valence-electron chi connectivity index (χ4n) is 1.72. The van der Waals surface area contributed by atoms with Crippen LogP contribution in [0.15, 0.2) is 5.03 Å². The van der Waals surface area contributed by atoms with E-state index in [0.717, 1.165) is 23.0 Å². The van der Waals surface area contributed by atoms with E-state index in [9.17, 15) is 4.79 Å². The lowest BCUT2D eigenvalue weighted by molar-refractivity contribution is -0.116. The monoisotopic (exact) mass is 225 g/mol. The summed E-state index contributed by atoms with van der Waals surface area (Å²) >= 11 is 1.73. The molecule has 1 aromatic rings. The van der Waals surface area contributed by atoms with E-state index in [4.69, 9.17) is 0 Å². The van der Waals surface area contributed by atoms with Crippen molar-refractivity contribution in [3.05, 3.63) is 5.69 Å². The maximum Gasteiger partial charge on any atom is 0.225 e. The minimum absolute atomic E-state index is 0.0903. The third-order valence-corrected chi connectivity index (χ3v) is 3.64.